The Kier molecular flexibility index (Phi) is 5.98. The van der Waals surface area contributed by atoms with Crippen molar-refractivity contribution >= 4 is 0 Å². The van der Waals surface area contributed by atoms with Crippen LogP contribution in [0, 0.1) is 5.92 Å². The minimum Gasteiger partial charge on any atom is -0.339 e. The first kappa shape index (κ1) is 15.4. The molecule has 1 N–H and O–H groups in total. The molecule has 0 aliphatic heterocycles. The SMILES string of the molecule is CCCNC1CCCCC1Cc1nc(CN(C)C)no1. The van der Waals surface area contributed by atoms with Crippen molar-refractivity contribution < 1.29 is 4.52 Å². The molecule has 1 aliphatic rings. The van der Waals surface area contributed by atoms with Gasteiger partial charge in [0, 0.05) is 12.5 Å². The molecular weight excluding hydrogens is 252 g/mol. The molecule has 1 aliphatic carbocycles. The lowest BCUT2D eigenvalue weighted by molar-refractivity contribution is 0.239. The molecule has 0 bridgehead atoms. The third-order valence-corrected chi connectivity index (χ3v) is 3.97. The molecule has 1 aromatic rings. The van der Waals surface area contributed by atoms with E-state index in [1.165, 1.54) is 32.1 Å². The highest BCUT2D eigenvalue weighted by molar-refractivity contribution is 4.92. The maximum absolute atomic E-state index is 5.41. The molecule has 114 valence electrons. The van der Waals surface area contributed by atoms with Gasteiger partial charge < -0.3 is 14.7 Å². The van der Waals surface area contributed by atoms with E-state index in [0.29, 0.717) is 12.0 Å². The predicted molar refractivity (Wildman–Crippen MR) is 79.4 cm³/mol. The summed E-state index contributed by atoms with van der Waals surface area (Å²) < 4.78 is 5.41. The normalized spacial score (nSPS) is 23.4. The Bertz CT molecular complexity index is 391. The van der Waals surface area contributed by atoms with Gasteiger partial charge in [0.1, 0.15) is 0 Å². The van der Waals surface area contributed by atoms with Gasteiger partial charge in [0.15, 0.2) is 5.82 Å². The van der Waals surface area contributed by atoms with E-state index in [1.54, 1.807) is 0 Å². The number of hydrogen-bond acceptors (Lipinski definition) is 5. The van der Waals surface area contributed by atoms with E-state index in [1.807, 2.05) is 14.1 Å². The third-order valence-electron chi connectivity index (χ3n) is 3.97. The van der Waals surface area contributed by atoms with Crippen LogP contribution in [0.4, 0.5) is 0 Å². The van der Waals surface area contributed by atoms with E-state index in [-0.39, 0.29) is 0 Å². The van der Waals surface area contributed by atoms with Crippen LogP contribution >= 0.6 is 0 Å². The van der Waals surface area contributed by atoms with Crippen molar-refractivity contribution in [1.82, 2.24) is 20.4 Å². The Labute approximate surface area is 122 Å². The standard InChI is InChI=1S/C15H28N4O/c1-4-9-16-13-8-6-5-7-12(13)10-15-17-14(18-20-15)11-19(2)3/h12-13,16H,4-11H2,1-3H3. The second-order valence-corrected chi connectivity index (χ2v) is 6.15. The molecule has 1 saturated carbocycles. The first-order valence-corrected chi connectivity index (χ1v) is 7.88. The maximum Gasteiger partial charge on any atom is 0.227 e. The highest BCUT2D eigenvalue weighted by Gasteiger charge is 2.26. The van der Waals surface area contributed by atoms with Crippen molar-refractivity contribution in [3.63, 3.8) is 0 Å². The number of rotatable bonds is 7. The number of nitrogens with one attached hydrogen (secondary N) is 1. The lowest BCUT2D eigenvalue weighted by atomic mass is 9.82. The molecule has 1 aromatic heterocycles. The summed E-state index contributed by atoms with van der Waals surface area (Å²) in [6, 6.07) is 0.618. The van der Waals surface area contributed by atoms with Crippen molar-refractivity contribution in [1.29, 1.82) is 0 Å². The summed E-state index contributed by atoms with van der Waals surface area (Å²) in [4.78, 5) is 6.57. The molecule has 0 amide bonds. The topological polar surface area (TPSA) is 54.2 Å². The Morgan fingerprint density at radius 2 is 2.10 bits per heavy atom. The lowest BCUT2D eigenvalue weighted by Crippen LogP contribution is -2.39. The summed E-state index contributed by atoms with van der Waals surface area (Å²) in [5.41, 5.74) is 0. The second-order valence-electron chi connectivity index (χ2n) is 6.15. The van der Waals surface area contributed by atoms with Crippen LogP contribution < -0.4 is 5.32 Å². The van der Waals surface area contributed by atoms with Crippen molar-refractivity contribution in [3.05, 3.63) is 11.7 Å². The molecule has 1 heterocycles. The van der Waals surface area contributed by atoms with E-state index in [0.717, 1.165) is 31.2 Å². The fourth-order valence-electron chi connectivity index (χ4n) is 2.99. The summed E-state index contributed by atoms with van der Waals surface area (Å²) in [5.74, 6) is 2.24. The Morgan fingerprint density at radius 3 is 2.85 bits per heavy atom. The molecule has 1 fully saturated rings. The predicted octanol–water partition coefficient (Wildman–Crippen LogP) is 2.23. The van der Waals surface area contributed by atoms with Crippen molar-refractivity contribution in [2.75, 3.05) is 20.6 Å². The van der Waals surface area contributed by atoms with Gasteiger partial charge in [0.25, 0.3) is 0 Å². The largest absolute Gasteiger partial charge is 0.339 e. The summed E-state index contributed by atoms with van der Waals surface area (Å²) >= 11 is 0. The van der Waals surface area contributed by atoms with Crippen molar-refractivity contribution in [2.24, 2.45) is 5.92 Å². The van der Waals surface area contributed by atoms with Crippen LogP contribution in [0.15, 0.2) is 4.52 Å². The van der Waals surface area contributed by atoms with Crippen LogP contribution in [0.2, 0.25) is 0 Å². The van der Waals surface area contributed by atoms with Gasteiger partial charge in [0.2, 0.25) is 5.89 Å². The van der Waals surface area contributed by atoms with Gasteiger partial charge in [0.05, 0.1) is 6.54 Å². The van der Waals surface area contributed by atoms with E-state index in [9.17, 15) is 0 Å². The lowest BCUT2D eigenvalue weighted by Gasteiger charge is -2.31. The Balaban J connectivity index is 1.90. The van der Waals surface area contributed by atoms with E-state index < -0.39 is 0 Å². The quantitative estimate of drug-likeness (QED) is 0.830. The van der Waals surface area contributed by atoms with Gasteiger partial charge in [-0.1, -0.05) is 24.9 Å². The Hall–Kier alpha value is -0.940. The zero-order chi connectivity index (χ0) is 14.4. The van der Waals surface area contributed by atoms with Crippen LogP contribution in [0.5, 0.6) is 0 Å². The average Bonchev–Trinajstić information content (AvgIpc) is 2.84. The van der Waals surface area contributed by atoms with Crippen LogP contribution in [0.3, 0.4) is 0 Å². The van der Waals surface area contributed by atoms with Gasteiger partial charge in [-0.2, -0.15) is 4.98 Å². The van der Waals surface area contributed by atoms with Gasteiger partial charge >= 0.3 is 0 Å². The number of aromatic nitrogens is 2. The first-order chi connectivity index (χ1) is 9.69. The fourth-order valence-corrected chi connectivity index (χ4v) is 2.99. The van der Waals surface area contributed by atoms with Crippen LogP contribution in [-0.2, 0) is 13.0 Å². The molecule has 0 aromatic carbocycles. The minimum atomic E-state index is 0.618. The monoisotopic (exact) mass is 280 g/mol. The molecule has 5 heteroatoms. The minimum absolute atomic E-state index is 0.618. The van der Waals surface area contributed by atoms with Gasteiger partial charge in [-0.3, -0.25) is 0 Å². The Morgan fingerprint density at radius 1 is 1.30 bits per heavy atom. The summed E-state index contributed by atoms with van der Waals surface area (Å²) in [6.45, 7) is 4.07. The smallest absolute Gasteiger partial charge is 0.227 e. The third kappa shape index (κ3) is 4.56. The van der Waals surface area contributed by atoms with Crippen LogP contribution in [0.1, 0.15) is 50.7 Å². The first-order valence-electron chi connectivity index (χ1n) is 7.88. The number of nitrogens with zero attached hydrogens (tertiary/aromatic N) is 3. The molecular formula is C15H28N4O. The summed E-state index contributed by atoms with van der Waals surface area (Å²) in [6.07, 6.45) is 7.33. The number of hydrogen-bond donors (Lipinski definition) is 1. The summed E-state index contributed by atoms with van der Waals surface area (Å²) in [5, 5.41) is 7.74. The molecule has 2 rings (SSSR count). The second kappa shape index (κ2) is 7.74. The van der Waals surface area contributed by atoms with Crippen molar-refractivity contribution in [3.8, 4) is 0 Å². The molecule has 5 nitrogen and oxygen atoms in total. The maximum atomic E-state index is 5.41. The van der Waals surface area contributed by atoms with Gasteiger partial charge in [-0.25, -0.2) is 0 Å². The van der Waals surface area contributed by atoms with E-state index >= 15 is 0 Å². The molecule has 20 heavy (non-hydrogen) atoms. The molecule has 0 saturated heterocycles. The highest BCUT2D eigenvalue weighted by atomic mass is 16.5. The van der Waals surface area contributed by atoms with E-state index in [2.05, 4.69) is 27.3 Å². The van der Waals surface area contributed by atoms with Crippen LogP contribution in [-0.4, -0.2) is 41.7 Å². The summed E-state index contributed by atoms with van der Waals surface area (Å²) in [7, 11) is 4.03. The van der Waals surface area contributed by atoms with Crippen LogP contribution in [0.25, 0.3) is 0 Å². The zero-order valence-corrected chi connectivity index (χ0v) is 13.1. The molecule has 0 spiro atoms. The molecule has 2 unspecified atom stereocenters. The van der Waals surface area contributed by atoms with Gasteiger partial charge in [-0.15, -0.1) is 0 Å². The zero-order valence-electron chi connectivity index (χ0n) is 13.1. The average molecular weight is 280 g/mol. The highest BCUT2D eigenvalue weighted by Crippen LogP contribution is 2.27. The van der Waals surface area contributed by atoms with Gasteiger partial charge in [-0.05, 0) is 45.8 Å². The van der Waals surface area contributed by atoms with Crippen molar-refractivity contribution in [2.45, 2.75) is 58.0 Å². The van der Waals surface area contributed by atoms with E-state index in [4.69, 9.17) is 4.52 Å². The fraction of sp³-hybridized carbons (Fsp3) is 0.867. The molecule has 0 radical (unpaired) electrons. The molecule has 2 atom stereocenters.